The number of benzene rings is 2. The molecule has 2 aromatic rings. The molecule has 7 heteroatoms. The van der Waals surface area contributed by atoms with Crippen molar-refractivity contribution in [3.05, 3.63) is 48.3 Å². The summed E-state index contributed by atoms with van der Waals surface area (Å²) in [6.45, 7) is 2.18. The van der Waals surface area contributed by atoms with Gasteiger partial charge in [-0.3, -0.25) is 4.72 Å². The normalized spacial score (nSPS) is 11.1. The zero-order chi connectivity index (χ0) is 15.5. The van der Waals surface area contributed by atoms with Gasteiger partial charge in [-0.1, -0.05) is 18.2 Å². The van der Waals surface area contributed by atoms with Crippen molar-refractivity contribution in [3.8, 4) is 5.75 Å². The molecule has 0 spiro atoms. The van der Waals surface area contributed by atoms with Crippen molar-refractivity contribution in [1.29, 1.82) is 0 Å². The van der Waals surface area contributed by atoms with Crippen LogP contribution in [-0.2, 0) is 10.0 Å². The van der Waals surface area contributed by atoms with E-state index in [1.54, 1.807) is 31.2 Å². The lowest BCUT2D eigenvalue weighted by atomic mass is 10.3. The highest BCUT2D eigenvalue weighted by molar-refractivity contribution is 7.92. The van der Waals surface area contributed by atoms with Crippen LogP contribution in [0.1, 0.15) is 6.92 Å². The van der Waals surface area contributed by atoms with Crippen molar-refractivity contribution < 1.29 is 17.5 Å². The topological polar surface area (TPSA) is 81.4 Å². The highest BCUT2D eigenvalue weighted by Crippen LogP contribution is 2.28. The number of nitrogens with two attached hydrogens (primary N) is 1. The van der Waals surface area contributed by atoms with Gasteiger partial charge in [0.05, 0.1) is 18.0 Å². The molecule has 0 aliphatic heterocycles. The molecule has 0 aliphatic carbocycles. The summed E-state index contributed by atoms with van der Waals surface area (Å²) in [5.74, 6) is -0.394. The number of sulfonamides is 1. The Morgan fingerprint density at radius 3 is 2.62 bits per heavy atom. The number of hydrogen-bond acceptors (Lipinski definition) is 4. The third-order valence-corrected chi connectivity index (χ3v) is 4.16. The predicted octanol–water partition coefficient (Wildman–Crippen LogP) is 2.61. The lowest BCUT2D eigenvalue weighted by molar-refractivity contribution is 0.342. The first-order valence-corrected chi connectivity index (χ1v) is 7.72. The summed E-state index contributed by atoms with van der Waals surface area (Å²) in [5.41, 5.74) is 5.34. The Kier molecular flexibility index (Phi) is 4.32. The van der Waals surface area contributed by atoms with E-state index in [1.807, 2.05) is 0 Å². The van der Waals surface area contributed by atoms with Gasteiger partial charge in [0, 0.05) is 0 Å². The number of hydrogen-bond donors (Lipinski definition) is 2. The number of ether oxygens (including phenoxy) is 1. The second-order valence-corrected chi connectivity index (χ2v) is 5.84. The third kappa shape index (κ3) is 3.25. The van der Waals surface area contributed by atoms with E-state index in [4.69, 9.17) is 10.5 Å². The standard InChI is InChI=1S/C14H15FN2O3S/c1-2-20-12-8-4-3-7-11(12)17-21(18,19)13-9-5-6-10(15)14(13)16/h3-9,17H,2,16H2,1H3. The van der Waals surface area contributed by atoms with Gasteiger partial charge >= 0.3 is 0 Å². The number of para-hydroxylation sites is 3. The van der Waals surface area contributed by atoms with Gasteiger partial charge in [0.1, 0.15) is 16.5 Å². The van der Waals surface area contributed by atoms with Crippen LogP contribution in [0, 0.1) is 5.82 Å². The monoisotopic (exact) mass is 310 g/mol. The van der Waals surface area contributed by atoms with Crippen molar-refractivity contribution in [2.75, 3.05) is 17.1 Å². The molecule has 0 amide bonds. The average Bonchev–Trinajstić information content (AvgIpc) is 2.44. The Morgan fingerprint density at radius 1 is 1.19 bits per heavy atom. The number of halogens is 1. The Morgan fingerprint density at radius 2 is 1.90 bits per heavy atom. The van der Waals surface area contributed by atoms with Crippen molar-refractivity contribution in [1.82, 2.24) is 0 Å². The maximum Gasteiger partial charge on any atom is 0.264 e. The van der Waals surface area contributed by atoms with Gasteiger partial charge in [0.15, 0.2) is 0 Å². The number of nitrogen functional groups attached to an aromatic ring is 1. The SMILES string of the molecule is CCOc1ccccc1NS(=O)(=O)c1cccc(F)c1N. The molecule has 0 radical (unpaired) electrons. The molecule has 0 aromatic heterocycles. The minimum Gasteiger partial charge on any atom is -0.492 e. The van der Waals surface area contributed by atoms with Crippen molar-refractivity contribution in [2.45, 2.75) is 11.8 Å². The van der Waals surface area contributed by atoms with E-state index in [9.17, 15) is 12.8 Å². The highest BCUT2D eigenvalue weighted by atomic mass is 32.2. The minimum atomic E-state index is -4.00. The van der Waals surface area contributed by atoms with Crippen molar-refractivity contribution in [3.63, 3.8) is 0 Å². The Bertz CT molecular complexity index is 748. The fraction of sp³-hybridized carbons (Fsp3) is 0.143. The number of nitrogens with one attached hydrogen (secondary N) is 1. The first-order valence-electron chi connectivity index (χ1n) is 6.24. The molecule has 21 heavy (non-hydrogen) atoms. The molecule has 0 aliphatic rings. The lowest BCUT2D eigenvalue weighted by Crippen LogP contribution is -2.16. The summed E-state index contributed by atoms with van der Waals surface area (Å²) >= 11 is 0. The van der Waals surface area contributed by atoms with Crippen LogP contribution in [0.3, 0.4) is 0 Å². The van der Waals surface area contributed by atoms with Crippen LogP contribution in [0.15, 0.2) is 47.4 Å². The summed E-state index contributed by atoms with van der Waals surface area (Å²) in [6, 6.07) is 10.2. The second kappa shape index (κ2) is 6.01. The molecule has 2 rings (SSSR count). The molecule has 5 nitrogen and oxygen atoms in total. The van der Waals surface area contributed by atoms with Crippen LogP contribution in [0.2, 0.25) is 0 Å². The molecular formula is C14H15FN2O3S. The van der Waals surface area contributed by atoms with Crippen LogP contribution < -0.4 is 15.2 Å². The van der Waals surface area contributed by atoms with Crippen molar-refractivity contribution >= 4 is 21.4 Å². The molecule has 0 saturated carbocycles. The van der Waals surface area contributed by atoms with E-state index < -0.39 is 21.5 Å². The van der Waals surface area contributed by atoms with E-state index in [0.717, 1.165) is 6.07 Å². The van der Waals surface area contributed by atoms with Gasteiger partial charge in [0.25, 0.3) is 10.0 Å². The molecule has 0 bridgehead atoms. The molecule has 0 unspecified atom stereocenters. The fourth-order valence-corrected chi connectivity index (χ4v) is 3.00. The summed E-state index contributed by atoms with van der Waals surface area (Å²) in [4.78, 5) is -0.311. The summed E-state index contributed by atoms with van der Waals surface area (Å²) in [5, 5.41) is 0. The van der Waals surface area contributed by atoms with Crippen LogP contribution >= 0.6 is 0 Å². The average molecular weight is 310 g/mol. The van der Waals surface area contributed by atoms with E-state index >= 15 is 0 Å². The minimum absolute atomic E-state index is 0.267. The largest absolute Gasteiger partial charge is 0.492 e. The van der Waals surface area contributed by atoms with Gasteiger partial charge < -0.3 is 10.5 Å². The Balaban J connectivity index is 2.40. The van der Waals surface area contributed by atoms with E-state index in [-0.39, 0.29) is 10.6 Å². The first kappa shape index (κ1) is 15.1. The lowest BCUT2D eigenvalue weighted by Gasteiger charge is -2.13. The summed E-state index contributed by atoms with van der Waals surface area (Å²) in [7, 11) is -4.00. The van der Waals surface area contributed by atoms with Crippen molar-refractivity contribution in [2.24, 2.45) is 0 Å². The summed E-state index contributed by atoms with van der Waals surface area (Å²) in [6.07, 6.45) is 0. The molecular weight excluding hydrogens is 295 g/mol. The zero-order valence-corrected chi connectivity index (χ0v) is 12.2. The zero-order valence-electron chi connectivity index (χ0n) is 11.3. The molecule has 2 aromatic carbocycles. The van der Waals surface area contributed by atoms with Gasteiger partial charge in [-0.2, -0.15) is 0 Å². The maximum absolute atomic E-state index is 13.4. The Hall–Kier alpha value is -2.28. The molecule has 0 atom stereocenters. The molecule has 0 saturated heterocycles. The van der Waals surface area contributed by atoms with Gasteiger partial charge in [-0.25, -0.2) is 12.8 Å². The van der Waals surface area contributed by atoms with E-state index in [0.29, 0.717) is 12.4 Å². The second-order valence-electron chi connectivity index (χ2n) is 4.19. The Labute approximate surface area is 122 Å². The predicted molar refractivity (Wildman–Crippen MR) is 79.2 cm³/mol. The van der Waals surface area contributed by atoms with Crippen LogP contribution in [-0.4, -0.2) is 15.0 Å². The summed E-state index contributed by atoms with van der Waals surface area (Å²) < 4.78 is 45.7. The van der Waals surface area contributed by atoms with Crippen LogP contribution in [0.25, 0.3) is 0 Å². The quantitative estimate of drug-likeness (QED) is 0.832. The number of anilines is 2. The van der Waals surface area contributed by atoms with E-state index in [2.05, 4.69) is 4.72 Å². The molecule has 0 heterocycles. The third-order valence-electron chi connectivity index (χ3n) is 2.73. The highest BCUT2D eigenvalue weighted by Gasteiger charge is 2.20. The number of rotatable bonds is 5. The molecule has 112 valence electrons. The fourth-order valence-electron chi connectivity index (χ4n) is 1.78. The van der Waals surface area contributed by atoms with Gasteiger partial charge in [-0.15, -0.1) is 0 Å². The molecule has 0 fully saturated rings. The van der Waals surface area contributed by atoms with Crippen LogP contribution in [0.5, 0.6) is 5.75 Å². The van der Waals surface area contributed by atoms with E-state index in [1.165, 1.54) is 12.1 Å². The first-order chi connectivity index (χ1) is 9.95. The van der Waals surface area contributed by atoms with Gasteiger partial charge in [-0.05, 0) is 31.2 Å². The van der Waals surface area contributed by atoms with Crippen LogP contribution in [0.4, 0.5) is 15.8 Å². The maximum atomic E-state index is 13.4. The smallest absolute Gasteiger partial charge is 0.264 e. The van der Waals surface area contributed by atoms with Gasteiger partial charge in [0.2, 0.25) is 0 Å². The molecule has 3 N–H and O–H groups in total.